The van der Waals surface area contributed by atoms with Gasteiger partial charge in [0.25, 0.3) is 0 Å². The summed E-state index contributed by atoms with van der Waals surface area (Å²) in [6, 6.07) is 38.6. The molecule has 0 fully saturated rings. The molecule has 0 atom stereocenters. The number of aliphatic hydroxyl groups is 1. The summed E-state index contributed by atoms with van der Waals surface area (Å²) in [5, 5.41) is 13.1. The first kappa shape index (κ1) is 31.9. The molecule has 0 aliphatic rings. The van der Waals surface area contributed by atoms with Crippen molar-refractivity contribution in [3.8, 4) is 32.8 Å². The molecule has 0 bridgehead atoms. The van der Waals surface area contributed by atoms with Crippen molar-refractivity contribution in [3.05, 3.63) is 139 Å². The number of ketones is 1. The van der Waals surface area contributed by atoms with E-state index in [4.69, 9.17) is 10.1 Å². The molecule has 0 aliphatic carbocycles. The number of carbonyl (C=O) groups is 1. The van der Waals surface area contributed by atoms with Crippen LogP contribution >= 0.6 is 11.3 Å². The van der Waals surface area contributed by atoms with Crippen molar-refractivity contribution in [3.63, 3.8) is 0 Å². The summed E-state index contributed by atoms with van der Waals surface area (Å²) >= 11 is 1.75. The van der Waals surface area contributed by atoms with Crippen LogP contribution in [0.1, 0.15) is 19.4 Å². The van der Waals surface area contributed by atoms with E-state index in [2.05, 4.69) is 72.8 Å². The largest absolute Gasteiger partial charge is 0.512 e. The molecule has 1 radical (unpaired) electrons. The van der Waals surface area contributed by atoms with E-state index in [0.717, 1.165) is 48.8 Å². The normalized spacial score (nSPS) is 11.2. The molecule has 225 valence electrons. The topological polar surface area (TPSA) is 50.2 Å². The number of fused-ring (bicyclic) bond motifs is 4. The smallest absolute Gasteiger partial charge is 0.155 e. The molecule has 6 heteroatoms. The molecular formula is C39H29FIrNO2S-. The summed E-state index contributed by atoms with van der Waals surface area (Å²) in [6.07, 6.45) is 2.99. The van der Waals surface area contributed by atoms with Gasteiger partial charge in [-0.2, -0.15) is 11.3 Å². The molecule has 7 rings (SSSR count). The summed E-state index contributed by atoms with van der Waals surface area (Å²) in [4.78, 5) is 16.0. The minimum Gasteiger partial charge on any atom is -0.512 e. The van der Waals surface area contributed by atoms with Crippen molar-refractivity contribution in [2.24, 2.45) is 0 Å². The Morgan fingerprint density at radius 3 is 2.11 bits per heavy atom. The molecule has 0 saturated heterocycles. The molecule has 2 aromatic heterocycles. The van der Waals surface area contributed by atoms with Crippen LogP contribution in [0.25, 0.3) is 64.5 Å². The number of aryl methyl sites for hydroxylation is 1. The van der Waals surface area contributed by atoms with E-state index in [-0.39, 0.29) is 37.5 Å². The fraction of sp³-hybridized carbons (Fsp3) is 0.0769. The summed E-state index contributed by atoms with van der Waals surface area (Å²) in [7, 11) is 0. The van der Waals surface area contributed by atoms with Crippen molar-refractivity contribution in [1.29, 1.82) is 0 Å². The van der Waals surface area contributed by atoms with Gasteiger partial charge in [0.05, 0.1) is 5.76 Å². The maximum atomic E-state index is 14.7. The molecule has 1 N–H and O–H groups in total. The molecule has 5 aromatic carbocycles. The number of benzene rings is 5. The van der Waals surface area contributed by atoms with Gasteiger partial charge < -0.3 is 10.1 Å². The van der Waals surface area contributed by atoms with Crippen LogP contribution in [0.5, 0.6) is 0 Å². The summed E-state index contributed by atoms with van der Waals surface area (Å²) in [5.41, 5.74) is 6.21. The van der Waals surface area contributed by atoms with Crippen LogP contribution in [0.4, 0.5) is 4.39 Å². The maximum Gasteiger partial charge on any atom is 0.155 e. The van der Waals surface area contributed by atoms with Crippen LogP contribution in [0.15, 0.2) is 121 Å². The van der Waals surface area contributed by atoms with Gasteiger partial charge in [-0.15, -0.1) is 17.7 Å². The van der Waals surface area contributed by atoms with E-state index in [1.807, 2.05) is 43.5 Å². The fourth-order valence-electron chi connectivity index (χ4n) is 5.49. The second-order valence-electron chi connectivity index (χ2n) is 10.7. The first-order valence-electron chi connectivity index (χ1n) is 14.2. The van der Waals surface area contributed by atoms with Crippen LogP contribution in [0.3, 0.4) is 0 Å². The molecule has 3 nitrogen and oxygen atoms in total. The SMILES string of the molecule is CC(=O)/C=C(/C)O.Cc1cc(F)c2ccc3c(-c4[c-]c5sc(-c6ccccc6)cc5c(-c5ccccc5)c4)nccc3c2c1.[Ir]. The van der Waals surface area contributed by atoms with Gasteiger partial charge in [0.15, 0.2) is 5.78 Å². The average molecular weight is 787 g/mol. The monoisotopic (exact) mass is 787 g/mol. The fourth-order valence-corrected chi connectivity index (χ4v) is 6.58. The first-order valence-corrected chi connectivity index (χ1v) is 15.1. The summed E-state index contributed by atoms with van der Waals surface area (Å²) in [5.74, 6) is -0.255. The predicted octanol–water partition coefficient (Wildman–Crippen LogP) is 10.9. The molecule has 0 aliphatic heterocycles. The van der Waals surface area contributed by atoms with Crippen molar-refractivity contribution < 1.29 is 34.4 Å². The standard InChI is InChI=1S/C34H21FNS.C5H8O2.Ir/c1-21-16-29-25-14-15-36-34(27(25)13-12-26(29)31(35)17-21)24-18-28(22-8-4-2-5-9-22)30-20-32(37-33(30)19-24)23-10-6-3-7-11-23;1-4(6)3-5(2)7;/h2-18,20H,1H3;3,6H,1-2H3;/q-1;;/b;4-3-;. The minimum absolute atomic E-state index is 0. The van der Waals surface area contributed by atoms with E-state index in [0.29, 0.717) is 5.39 Å². The number of pyridine rings is 1. The van der Waals surface area contributed by atoms with Crippen LogP contribution in [-0.2, 0) is 24.9 Å². The number of hydrogen-bond donors (Lipinski definition) is 1. The number of aliphatic hydroxyl groups excluding tert-OH is 1. The van der Waals surface area contributed by atoms with Gasteiger partial charge in [0.2, 0.25) is 0 Å². The number of nitrogens with zero attached hydrogens (tertiary/aromatic N) is 1. The van der Waals surface area contributed by atoms with Gasteiger partial charge in [-0.3, -0.25) is 4.79 Å². The first-order chi connectivity index (χ1) is 21.3. The van der Waals surface area contributed by atoms with Crippen LogP contribution < -0.4 is 0 Å². The van der Waals surface area contributed by atoms with Crippen LogP contribution in [0, 0.1) is 18.8 Å². The summed E-state index contributed by atoms with van der Waals surface area (Å²) in [6.45, 7) is 4.78. The number of carbonyl (C=O) groups excluding carboxylic acids is 1. The van der Waals surface area contributed by atoms with Gasteiger partial charge in [-0.05, 0) is 76.1 Å². The van der Waals surface area contributed by atoms with Crippen LogP contribution in [0.2, 0.25) is 0 Å². The van der Waals surface area contributed by atoms with Crippen molar-refractivity contribution >= 4 is 48.8 Å². The number of halogens is 1. The van der Waals surface area contributed by atoms with E-state index in [1.165, 1.54) is 35.8 Å². The van der Waals surface area contributed by atoms with E-state index in [9.17, 15) is 9.18 Å². The van der Waals surface area contributed by atoms with Crippen molar-refractivity contribution in [2.75, 3.05) is 0 Å². The Hall–Kier alpha value is -4.48. The van der Waals surface area contributed by atoms with Gasteiger partial charge in [-0.25, -0.2) is 4.39 Å². The van der Waals surface area contributed by atoms with Gasteiger partial charge in [0.1, 0.15) is 5.82 Å². The third kappa shape index (κ3) is 6.79. The Labute approximate surface area is 279 Å². The zero-order valence-electron chi connectivity index (χ0n) is 24.9. The van der Waals surface area contributed by atoms with Gasteiger partial charge in [-0.1, -0.05) is 95.9 Å². The Balaban J connectivity index is 0.000000452. The number of rotatable bonds is 4. The Morgan fingerprint density at radius 1 is 0.800 bits per heavy atom. The molecule has 0 amide bonds. The predicted molar refractivity (Wildman–Crippen MR) is 182 cm³/mol. The number of allylic oxidation sites excluding steroid dienone is 2. The average Bonchev–Trinajstić information content (AvgIpc) is 3.45. The molecule has 0 saturated carbocycles. The number of hydrogen-bond acceptors (Lipinski definition) is 4. The Morgan fingerprint density at radius 2 is 1.47 bits per heavy atom. The maximum absolute atomic E-state index is 14.7. The second-order valence-corrected chi connectivity index (χ2v) is 11.8. The molecular weight excluding hydrogens is 758 g/mol. The number of aromatic nitrogens is 1. The zero-order chi connectivity index (χ0) is 30.8. The Bertz CT molecular complexity index is 2190. The molecule has 2 heterocycles. The third-order valence-corrected chi connectivity index (χ3v) is 8.44. The molecule has 0 unspecified atom stereocenters. The van der Waals surface area contributed by atoms with E-state index < -0.39 is 0 Å². The van der Waals surface area contributed by atoms with E-state index in [1.54, 1.807) is 17.4 Å². The van der Waals surface area contributed by atoms with Gasteiger partial charge >= 0.3 is 0 Å². The molecule has 7 aromatic rings. The Kier molecular flexibility index (Phi) is 9.69. The molecule has 0 spiro atoms. The van der Waals surface area contributed by atoms with E-state index >= 15 is 0 Å². The second kappa shape index (κ2) is 13.7. The van der Waals surface area contributed by atoms with Crippen molar-refractivity contribution in [1.82, 2.24) is 4.98 Å². The zero-order valence-corrected chi connectivity index (χ0v) is 28.1. The number of thiophene rings is 1. The van der Waals surface area contributed by atoms with Crippen molar-refractivity contribution in [2.45, 2.75) is 20.8 Å². The minimum atomic E-state index is -0.193. The van der Waals surface area contributed by atoms with Crippen LogP contribution in [-0.4, -0.2) is 15.9 Å². The molecule has 45 heavy (non-hydrogen) atoms. The summed E-state index contributed by atoms with van der Waals surface area (Å²) < 4.78 is 15.8. The quantitative estimate of drug-likeness (QED) is 0.0837. The third-order valence-electron chi connectivity index (χ3n) is 7.34. The van der Waals surface area contributed by atoms with Gasteiger partial charge in [0, 0.05) is 42.6 Å².